The number of hydrogen-bond acceptors (Lipinski definition) is 5. The molecule has 1 fully saturated rings. The largest absolute Gasteiger partial charge is 0.480 e. The molecule has 1 aromatic carbocycles. The molecular formula is C13H9Br2NO4S2. The molecule has 0 spiro atoms. The summed E-state index contributed by atoms with van der Waals surface area (Å²) in [7, 11) is 1.63. The van der Waals surface area contributed by atoms with Crippen molar-refractivity contribution in [2.24, 2.45) is 0 Å². The summed E-state index contributed by atoms with van der Waals surface area (Å²) in [5.41, 5.74) is 0.760. The Bertz CT molecular complexity index is 682. The maximum Gasteiger partial charge on any atom is 0.341 e. The minimum atomic E-state index is -1.06. The van der Waals surface area contributed by atoms with Crippen LogP contribution in [0.15, 0.2) is 26.0 Å². The van der Waals surface area contributed by atoms with Crippen LogP contribution in [0.1, 0.15) is 5.56 Å². The van der Waals surface area contributed by atoms with Crippen molar-refractivity contribution in [3.05, 3.63) is 31.5 Å². The van der Waals surface area contributed by atoms with Gasteiger partial charge in [-0.25, -0.2) is 4.79 Å². The number of carboxylic acid groups (broad SMARTS) is 1. The molecule has 0 radical (unpaired) electrons. The average molecular weight is 467 g/mol. The maximum atomic E-state index is 12.0. The molecule has 1 N–H and O–H groups in total. The maximum absolute atomic E-state index is 12.0. The number of amides is 1. The fourth-order valence-corrected chi connectivity index (χ4v) is 4.26. The van der Waals surface area contributed by atoms with Crippen molar-refractivity contribution in [3.63, 3.8) is 0 Å². The molecule has 0 unspecified atom stereocenters. The monoisotopic (exact) mass is 465 g/mol. The molecule has 0 saturated carbocycles. The first-order valence-electron chi connectivity index (χ1n) is 5.85. The van der Waals surface area contributed by atoms with Crippen LogP contribution >= 0.6 is 55.8 Å². The van der Waals surface area contributed by atoms with Gasteiger partial charge in [0.1, 0.15) is 10.1 Å². The van der Waals surface area contributed by atoms with Crippen molar-refractivity contribution in [3.8, 4) is 5.75 Å². The highest BCUT2D eigenvalue weighted by atomic mass is 79.9. The molecule has 1 aliphatic rings. The summed E-state index contributed by atoms with van der Waals surface area (Å²) in [4.78, 5) is 24.5. The van der Waals surface area contributed by atoms with Crippen LogP contribution in [-0.4, -0.2) is 39.9 Å². The third-order valence-electron chi connectivity index (χ3n) is 2.64. The summed E-state index contributed by atoms with van der Waals surface area (Å²) in [5.74, 6) is -0.814. The molecule has 22 heavy (non-hydrogen) atoms. The van der Waals surface area contributed by atoms with Gasteiger partial charge in [0.05, 0.1) is 13.9 Å². The topological polar surface area (TPSA) is 66.8 Å². The van der Waals surface area contributed by atoms with E-state index < -0.39 is 12.6 Å². The third-order valence-corrected chi connectivity index (χ3v) is 5.31. The van der Waals surface area contributed by atoms with Gasteiger partial charge in [0.15, 0.2) is 6.61 Å². The lowest BCUT2D eigenvalue weighted by Crippen LogP contribution is -2.22. The van der Waals surface area contributed by atoms with Gasteiger partial charge in [0, 0.05) is 7.05 Å². The SMILES string of the molecule is CN1C(=O)/C(=C\c2cc(Br)c(OCC(=O)O)c(Br)c2)SC1=S. The molecule has 1 amide bonds. The second-order valence-corrected chi connectivity index (χ2v) is 7.62. The zero-order valence-electron chi connectivity index (χ0n) is 11.1. The molecule has 9 heteroatoms. The summed E-state index contributed by atoms with van der Waals surface area (Å²) < 4.78 is 6.87. The van der Waals surface area contributed by atoms with Gasteiger partial charge in [-0.2, -0.15) is 0 Å². The predicted molar refractivity (Wildman–Crippen MR) is 95.9 cm³/mol. The first-order valence-corrected chi connectivity index (χ1v) is 8.66. The molecule has 0 bridgehead atoms. The van der Waals surface area contributed by atoms with Crippen molar-refractivity contribution in [2.75, 3.05) is 13.7 Å². The summed E-state index contributed by atoms with van der Waals surface area (Å²) in [5, 5.41) is 8.66. The van der Waals surface area contributed by atoms with E-state index in [0.29, 0.717) is 23.9 Å². The number of carbonyl (C=O) groups is 2. The number of carbonyl (C=O) groups excluding carboxylic acids is 1. The van der Waals surface area contributed by atoms with Gasteiger partial charge in [-0.05, 0) is 55.6 Å². The number of aliphatic carboxylic acids is 1. The number of thioether (sulfide) groups is 1. The van der Waals surface area contributed by atoms with Crippen molar-refractivity contribution >= 4 is 78.1 Å². The van der Waals surface area contributed by atoms with Crippen LogP contribution in [0.4, 0.5) is 0 Å². The zero-order chi connectivity index (χ0) is 16.4. The summed E-state index contributed by atoms with van der Waals surface area (Å²) in [6.07, 6.45) is 1.72. The minimum absolute atomic E-state index is 0.145. The Kier molecular flexibility index (Phi) is 5.65. The Labute approximate surface area is 152 Å². The second-order valence-electron chi connectivity index (χ2n) is 4.24. The molecule has 1 saturated heterocycles. The Balaban J connectivity index is 2.29. The normalized spacial score (nSPS) is 16.5. The second kappa shape index (κ2) is 7.12. The molecule has 1 heterocycles. The Morgan fingerprint density at radius 3 is 2.50 bits per heavy atom. The van der Waals surface area contributed by atoms with E-state index in [4.69, 9.17) is 22.1 Å². The molecule has 1 aromatic rings. The van der Waals surface area contributed by atoms with Gasteiger partial charge in [-0.1, -0.05) is 24.0 Å². The molecule has 0 atom stereocenters. The lowest BCUT2D eigenvalue weighted by molar-refractivity contribution is -0.139. The molecule has 0 aromatic heterocycles. The van der Waals surface area contributed by atoms with E-state index in [1.165, 1.54) is 16.7 Å². The van der Waals surface area contributed by atoms with E-state index in [1.807, 2.05) is 0 Å². The number of ether oxygens (including phenoxy) is 1. The number of likely N-dealkylation sites (N-methyl/N-ethyl adjacent to an activating group) is 1. The van der Waals surface area contributed by atoms with Crippen LogP contribution in [0.5, 0.6) is 5.75 Å². The van der Waals surface area contributed by atoms with Crippen molar-refractivity contribution in [2.45, 2.75) is 0 Å². The quantitative estimate of drug-likeness (QED) is 0.541. The zero-order valence-corrected chi connectivity index (χ0v) is 15.9. The van der Waals surface area contributed by atoms with Crippen LogP contribution in [0.25, 0.3) is 6.08 Å². The lowest BCUT2D eigenvalue weighted by Gasteiger charge is -2.09. The molecular weight excluding hydrogens is 458 g/mol. The number of carboxylic acids is 1. The lowest BCUT2D eigenvalue weighted by atomic mass is 10.2. The van der Waals surface area contributed by atoms with Crippen molar-refractivity contribution in [1.82, 2.24) is 4.90 Å². The van der Waals surface area contributed by atoms with Gasteiger partial charge >= 0.3 is 5.97 Å². The number of nitrogens with zero attached hydrogens (tertiary/aromatic N) is 1. The molecule has 2 rings (SSSR count). The molecule has 5 nitrogen and oxygen atoms in total. The van der Waals surface area contributed by atoms with E-state index in [1.54, 1.807) is 25.3 Å². The highest BCUT2D eigenvalue weighted by molar-refractivity contribution is 9.11. The first kappa shape index (κ1) is 17.5. The fraction of sp³-hybridized carbons (Fsp3) is 0.154. The molecule has 1 aliphatic heterocycles. The number of rotatable bonds is 4. The number of halogens is 2. The standard InChI is InChI=1S/C13H9Br2NO4S2/c1-16-12(19)9(22-13(16)21)4-6-2-7(14)11(8(15)3-6)20-5-10(17)18/h2-4H,5H2,1H3,(H,17,18)/b9-4+. The summed E-state index contributed by atoms with van der Waals surface area (Å²) in [6.45, 7) is -0.439. The Morgan fingerprint density at radius 1 is 1.45 bits per heavy atom. The van der Waals surface area contributed by atoms with Gasteiger partial charge in [-0.15, -0.1) is 0 Å². The number of benzene rings is 1. The van der Waals surface area contributed by atoms with Crippen LogP contribution in [0.2, 0.25) is 0 Å². The third kappa shape index (κ3) is 3.89. The molecule has 116 valence electrons. The Hall–Kier alpha value is -0.900. The van der Waals surface area contributed by atoms with Gasteiger partial charge < -0.3 is 9.84 Å². The van der Waals surface area contributed by atoms with E-state index in [-0.39, 0.29) is 5.91 Å². The van der Waals surface area contributed by atoms with Gasteiger partial charge in [0.25, 0.3) is 5.91 Å². The Morgan fingerprint density at radius 2 is 2.05 bits per heavy atom. The predicted octanol–water partition coefficient (Wildman–Crippen LogP) is 3.51. The smallest absolute Gasteiger partial charge is 0.341 e. The van der Waals surface area contributed by atoms with E-state index in [9.17, 15) is 9.59 Å². The minimum Gasteiger partial charge on any atom is -0.480 e. The highest BCUT2D eigenvalue weighted by Gasteiger charge is 2.28. The van der Waals surface area contributed by atoms with Crippen LogP contribution in [0.3, 0.4) is 0 Å². The number of thiocarbonyl (C=S) groups is 1. The summed E-state index contributed by atoms with van der Waals surface area (Å²) >= 11 is 13.0. The summed E-state index contributed by atoms with van der Waals surface area (Å²) in [6, 6.07) is 3.48. The van der Waals surface area contributed by atoms with Crippen LogP contribution < -0.4 is 4.74 Å². The highest BCUT2D eigenvalue weighted by Crippen LogP contribution is 2.37. The van der Waals surface area contributed by atoms with E-state index >= 15 is 0 Å². The van der Waals surface area contributed by atoms with Gasteiger partial charge in [-0.3, -0.25) is 9.69 Å². The fourth-order valence-electron chi connectivity index (χ4n) is 1.63. The average Bonchev–Trinajstić information content (AvgIpc) is 2.65. The number of hydrogen-bond donors (Lipinski definition) is 1. The molecule has 0 aliphatic carbocycles. The van der Waals surface area contributed by atoms with Gasteiger partial charge in [0.2, 0.25) is 0 Å². The first-order chi connectivity index (χ1) is 10.3. The van der Waals surface area contributed by atoms with Crippen molar-refractivity contribution < 1.29 is 19.4 Å². The van der Waals surface area contributed by atoms with Crippen molar-refractivity contribution in [1.29, 1.82) is 0 Å². The van der Waals surface area contributed by atoms with Crippen LogP contribution in [-0.2, 0) is 9.59 Å². The van der Waals surface area contributed by atoms with E-state index in [0.717, 1.165) is 5.56 Å². The van der Waals surface area contributed by atoms with Crippen LogP contribution in [0, 0.1) is 0 Å². The van der Waals surface area contributed by atoms with E-state index in [2.05, 4.69) is 31.9 Å².